The quantitative estimate of drug-likeness (QED) is 0.891. The van der Waals surface area contributed by atoms with Gasteiger partial charge in [-0.1, -0.05) is 13.8 Å². The monoisotopic (exact) mass is 275 g/mol. The summed E-state index contributed by atoms with van der Waals surface area (Å²) in [4.78, 5) is 8.83. The fourth-order valence-electron chi connectivity index (χ4n) is 2.94. The van der Waals surface area contributed by atoms with Crippen molar-refractivity contribution in [3.63, 3.8) is 0 Å². The smallest absolute Gasteiger partial charge is 0.147 e. The zero-order chi connectivity index (χ0) is 13.4. The Morgan fingerprint density at radius 2 is 2.05 bits per heavy atom. The van der Waals surface area contributed by atoms with E-state index in [0.717, 1.165) is 23.2 Å². The molecule has 1 aliphatic carbocycles. The molecule has 2 heterocycles. The molecular formula is C15H21N3S. The number of hydrogen-bond donors (Lipinski definition) is 1. The summed E-state index contributed by atoms with van der Waals surface area (Å²) in [6, 6.07) is 0.562. The molecule has 0 aromatic carbocycles. The molecule has 0 aliphatic heterocycles. The van der Waals surface area contributed by atoms with Gasteiger partial charge in [-0.2, -0.15) is 0 Å². The summed E-state index contributed by atoms with van der Waals surface area (Å²) in [5.74, 6) is 2.68. The molecule has 0 bridgehead atoms. The molecule has 2 aromatic heterocycles. The minimum atomic E-state index is 0.562. The summed E-state index contributed by atoms with van der Waals surface area (Å²) >= 11 is 1.74. The molecule has 2 aromatic rings. The first-order valence-electron chi connectivity index (χ1n) is 7.10. The minimum Gasteiger partial charge on any atom is -0.366 e. The zero-order valence-electron chi connectivity index (χ0n) is 11.8. The van der Waals surface area contributed by atoms with E-state index in [1.807, 2.05) is 0 Å². The van der Waals surface area contributed by atoms with Crippen molar-refractivity contribution in [1.29, 1.82) is 0 Å². The highest BCUT2D eigenvalue weighted by Gasteiger charge is 2.25. The lowest BCUT2D eigenvalue weighted by atomic mass is 9.79. The van der Waals surface area contributed by atoms with E-state index < -0.39 is 0 Å². The topological polar surface area (TPSA) is 37.8 Å². The highest BCUT2D eigenvalue weighted by Crippen LogP contribution is 2.33. The summed E-state index contributed by atoms with van der Waals surface area (Å²) in [7, 11) is 0. The predicted molar refractivity (Wildman–Crippen MR) is 81.7 cm³/mol. The maximum atomic E-state index is 4.45. The van der Waals surface area contributed by atoms with Gasteiger partial charge < -0.3 is 5.32 Å². The van der Waals surface area contributed by atoms with Gasteiger partial charge in [0.05, 0.1) is 10.2 Å². The van der Waals surface area contributed by atoms with Crippen LogP contribution in [0, 0.1) is 18.8 Å². The number of anilines is 1. The van der Waals surface area contributed by atoms with E-state index in [0.29, 0.717) is 6.04 Å². The SMILES string of the molecule is Cc1csc2c(NC3CCC(C)C(C)C3)ncnc12. The van der Waals surface area contributed by atoms with Crippen LogP contribution in [0.25, 0.3) is 10.2 Å². The normalized spacial score (nSPS) is 27.6. The number of fused-ring (bicyclic) bond motifs is 1. The van der Waals surface area contributed by atoms with E-state index in [4.69, 9.17) is 0 Å². The Morgan fingerprint density at radius 3 is 2.84 bits per heavy atom. The lowest BCUT2D eigenvalue weighted by Gasteiger charge is -2.32. The Morgan fingerprint density at radius 1 is 1.21 bits per heavy atom. The molecule has 0 amide bonds. The second-order valence-corrected chi connectivity index (χ2v) is 6.81. The first-order valence-corrected chi connectivity index (χ1v) is 7.98. The third-order valence-corrected chi connectivity index (χ3v) is 5.56. The van der Waals surface area contributed by atoms with Crippen LogP contribution in [0.3, 0.4) is 0 Å². The molecule has 1 saturated carbocycles. The van der Waals surface area contributed by atoms with E-state index in [-0.39, 0.29) is 0 Å². The van der Waals surface area contributed by atoms with Gasteiger partial charge in [-0.05, 0) is 49.0 Å². The summed E-state index contributed by atoms with van der Waals surface area (Å²) in [5.41, 5.74) is 2.34. The first kappa shape index (κ1) is 12.9. The van der Waals surface area contributed by atoms with E-state index in [9.17, 15) is 0 Å². The zero-order valence-corrected chi connectivity index (χ0v) is 12.6. The van der Waals surface area contributed by atoms with Gasteiger partial charge in [0.25, 0.3) is 0 Å². The van der Waals surface area contributed by atoms with Crippen molar-refractivity contribution < 1.29 is 0 Å². The van der Waals surface area contributed by atoms with Crippen molar-refractivity contribution in [2.75, 3.05) is 5.32 Å². The molecule has 0 radical (unpaired) electrons. The molecule has 0 spiro atoms. The summed E-state index contributed by atoms with van der Waals surface area (Å²) in [5, 5.41) is 5.81. The van der Waals surface area contributed by atoms with Gasteiger partial charge >= 0.3 is 0 Å². The molecule has 3 rings (SSSR count). The van der Waals surface area contributed by atoms with E-state index >= 15 is 0 Å². The fraction of sp³-hybridized carbons (Fsp3) is 0.600. The Bertz CT molecular complexity index is 578. The van der Waals surface area contributed by atoms with Crippen LogP contribution in [0.1, 0.15) is 38.7 Å². The Balaban J connectivity index is 1.82. The molecule has 19 heavy (non-hydrogen) atoms. The lowest BCUT2D eigenvalue weighted by Crippen LogP contribution is -2.30. The van der Waals surface area contributed by atoms with Gasteiger partial charge in [0.1, 0.15) is 12.1 Å². The number of rotatable bonds is 2. The summed E-state index contributed by atoms with van der Waals surface area (Å²) in [6.07, 6.45) is 5.49. The minimum absolute atomic E-state index is 0.562. The van der Waals surface area contributed by atoms with Crippen molar-refractivity contribution >= 4 is 27.4 Å². The van der Waals surface area contributed by atoms with Crippen LogP contribution in [-0.4, -0.2) is 16.0 Å². The van der Waals surface area contributed by atoms with E-state index in [1.54, 1.807) is 17.7 Å². The largest absolute Gasteiger partial charge is 0.366 e. The Kier molecular flexibility index (Phi) is 3.44. The predicted octanol–water partition coefficient (Wildman–Crippen LogP) is 4.24. The van der Waals surface area contributed by atoms with Crippen LogP contribution in [0.15, 0.2) is 11.7 Å². The Hall–Kier alpha value is -1.16. The number of nitrogens with zero attached hydrogens (tertiary/aromatic N) is 2. The molecule has 3 nitrogen and oxygen atoms in total. The molecule has 0 saturated heterocycles. The maximum Gasteiger partial charge on any atom is 0.147 e. The van der Waals surface area contributed by atoms with Crippen LogP contribution < -0.4 is 5.32 Å². The maximum absolute atomic E-state index is 4.45. The van der Waals surface area contributed by atoms with Crippen molar-refractivity contribution in [2.45, 2.75) is 46.1 Å². The average molecular weight is 275 g/mol. The second-order valence-electron chi connectivity index (χ2n) is 5.93. The molecular weight excluding hydrogens is 254 g/mol. The average Bonchev–Trinajstić information content (AvgIpc) is 2.77. The molecule has 1 fully saturated rings. The standard InChI is InChI=1S/C15H21N3S/c1-9-4-5-12(6-10(9)2)18-15-14-13(16-8-17-15)11(3)7-19-14/h7-10,12H,4-6H2,1-3H3,(H,16,17,18). The van der Waals surface area contributed by atoms with Gasteiger partial charge in [0, 0.05) is 6.04 Å². The number of hydrogen-bond acceptors (Lipinski definition) is 4. The van der Waals surface area contributed by atoms with Gasteiger partial charge in [-0.25, -0.2) is 9.97 Å². The van der Waals surface area contributed by atoms with E-state index in [1.165, 1.54) is 29.5 Å². The van der Waals surface area contributed by atoms with Crippen LogP contribution in [0.2, 0.25) is 0 Å². The van der Waals surface area contributed by atoms with Crippen molar-refractivity contribution in [3.05, 3.63) is 17.3 Å². The highest BCUT2D eigenvalue weighted by atomic mass is 32.1. The number of aryl methyl sites for hydroxylation is 1. The molecule has 1 aliphatic rings. The second kappa shape index (κ2) is 5.08. The van der Waals surface area contributed by atoms with E-state index in [2.05, 4.69) is 41.4 Å². The third-order valence-electron chi connectivity index (χ3n) is 4.47. The van der Waals surface area contributed by atoms with Gasteiger partial charge in [-0.3, -0.25) is 0 Å². The highest BCUT2D eigenvalue weighted by molar-refractivity contribution is 7.18. The lowest BCUT2D eigenvalue weighted by molar-refractivity contribution is 0.260. The van der Waals surface area contributed by atoms with Crippen LogP contribution >= 0.6 is 11.3 Å². The fourth-order valence-corrected chi connectivity index (χ4v) is 3.90. The molecule has 4 heteroatoms. The van der Waals surface area contributed by atoms with Crippen LogP contribution in [0.4, 0.5) is 5.82 Å². The van der Waals surface area contributed by atoms with Crippen molar-refractivity contribution in [2.24, 2.45) is 11.8 Å². The number of thiophene rings is 1. The van der Waals surface area contributed by atoms with Gasteiger partial charge in [0.15, 0.2) is 0 Å². The van der Waals surface area contributed by atoms with Gasteiger partial charge in [-0.15, -0.1) is 11.3 Å². The molecule has 1 N–H and O–H groups in total. The third kappa shape index (κ3) is 2.46. The first-order chi connectivity index (χ1) is 9.15. The number of aromatic nitrogens is 2. The molecule has 3 unspecified atom stereocenters. The van der Waals surface area contributed by atoms with Crippen molar-refractivity contribution in [3.8, 4) is 0 Å². The molecule has 102 valence electrons. The van der Waals surface area contributed by atoms with Crippen molar-refractivity contribution in [1.82, 2.24) is 9.97 Å². The number of nitrogens with one attached hydrogen (secondary N) is 1. The summed E-state index contributed by atoms with van der Waals surface area (Å²) in [6.45, 7) is 6.84. The molecule has 3 atom stereocenters. The summed E-state index contributed by atoms with van der Waals surface area (Å²) < 4.78 is 1.20. The van der Waals surface area contributed by atoms with Crippen LogP contribution in [-0.2, 0) is 0 Å². The van der Waals surface area contributed by atoms with Gasteiger partial charge in [0.2, 0.25) is 0 Å². The van der Waals surface area contributed by atoms with Crippen LogP contribution in [0.5, 0.6) is 0 Å². The Labute approximate surface area is 118 Å².